The van der Waals surface area contributed by atoms with E-state index in [1.807, 2.05) is 0 Å². The SMILES string of the molecule is Clc1[c-]snc1.[Na+]. The van der Waals surface area contributed by atoms with E-state index in [2.05, 4.69) is 9.75 Å². The van der Waals surface area contributed by atoms with Crippen LogP contribution in [0.4, 0.5) is 0 Å². The summed E-state index contributed by atoms with van der Waals surface area (Å²) in [6.45, 7) is 0. The predicted molar refractivity (Wildman–Crippen MR) is 26.0 cm³/mol. The van der Waals surface area contributed by atoms with E-state index in [1.165, 1.54) is 11.5 Å². The Hall–Kier alpha value is 0.920. The molecule has 0 atom stereocenters. The molecule has 1 aromatic heterocycles. The first-order chi connectivity index (χ1) is 2.89. The zero-order valence-corrected chi connectivity index (χ0v) is 7.38. The Kier molecular flexibility index (Phi) is 4.37. The zero-order valence-electron chi connectivity index (χ0n) is 3.81. The minimum Gasteiger partial charge on any atom is -0.315 e. The monoisotopic (exact) mass is 141 g/mol. The maximum absolute atomic E-state index is 5.35. The van der Waals surface area contributed by atoms with Crippen molar-refractivity contribution in [2.24, 2.45) is 0 Å². The molecule has 0 unspecified atom stereocenters. The van der Waals surface area contributed by atoms with Crippen molar-refractivity contribution in [1.29, 1.82) is 0 Å². The molecule has 0 bridgehead atoms. The van der Waals surface area contributed by atoms with Crippen molar-refractivity contribution in [3.63, 3.8) is 0 Å². The fraction of sp³-hybridized carbons (Fsp3) is 0. The second-order valence-electron chi connectivity index (χ2n) is 0.776. The van der Waals surface area contributed by atoms with Crippen LogP contribution in [0.5, 0.6) is 0 Å². The average Bonchev–Trinajstić information content (AvgIpc) is 1.86. The van der Waals surface area contributed by atoms with Crippen molar-refractivity contribution in [3.8, 4) is 0 Å². The topological polar surface area (TPSA) is 12.9 Å². The van der Waals surface area contributed by atoms with Crippen molar-refractivity contribution in [2.75, 3.05) is 0 Å². The van der Waals surface area contributed by atoms with Gasteiger partial charge in [-0.3, -0.25) is 0 Å². The van der Waals surface area contributed by atoms with Crippen LogP contribution in [0, 0.1) is 5.38 Å². The third-order valence-corrected chi connectivity index (χ3v) is 1.19. The van der Waals surface area contributed by atoms with Crippen molar-refractivity contribution in [1.82, 2.24) is 4.37 Å². The maximum atomic E-state index is 5.35. The molecule has 0 spiro atoms. The summed E-state index contributed by atoms with van der Waals surface area (Å²) in [4.78, 5) is 0. The van der Waals surface area contributed by atoms with Gasteiger partial charge in [0.2, 0.25) is 0 Å². The maximum Gasteiger partial charge on any atom is 1.00 e. The smallest absolute Gasteiger partial charge is 0.315 e. The van der Waals surface area contributed by atoms with Crippen molar-refractivity contribution < 1.29 is 29.6 Å². The third kappa shape index (κ3) is 2.67. The van der Waals surface area contributed by atoms with Gasteiger partial charge in [-0.05, 0) is 0 Å². The molecule has 7 heavy (non-hydrogen) atoms. The van der Waals surface area contributed by atoms with Crippen molar-refractivity contribution >= 4 is 23.1 Å². The van der Waals surface area contributed by atoms with E-state index in [0.717, 1.165) is 0 Å². The quantitative estimate of drug-likeness (QED) is 0.320. The van der Waals surface area contributed by atoms with Crippen LogP contribution < -0.4 is 29.6 Å². The standard InChI is InChI=1S/C3HClNS.Na/c4-3-1-5-6-2-3;/h1H;/q-1;+1. The Labute approximate surface area is 73.1 Å². The van der Waals surface area contributed by atoms with E-state index in [1.54, 1.807) is 6.20 Å². The first-order valence-electron chi connectivity index (χ1n) is 1.37. The zero-order chi connectivity index (χ0) is 4.41. The number of nitrogens with zero attached hydrogens (tertiary/aromatic N) is 1. The molecule has 0 N–H and O–H groups in total. The van der Waals surface area contributed by atoms with E-state index >= 15 is 0 Å². The molecule has 0 saturated carbocycles. The molecule has 0 aliphatic heterocycles. The molecule has 0 amide bonds. The molecule has 1 rings (SSSR count). The van der Waals surface area contributed by atoms with Gasteiger partial charge in [0, 0.05) is 0 Å². The second-order valence-corrected chi connectivity index (χ2v) is 1.78. The summed E-state index contributed by atoms with van der Waals surface area (Å²) in [5.74, 6) is 0. The Morgan fingerprint density at radius 3 is 2.71 bits per heavy atom. The van der Waals surface area contributed by atoms with Gasteiger partial charge < -0.3 is 4.37 Å². The van der Waals surface area contributed by atoms with Gasteiger partial charge in [0.25, 0.3) is 0 Å². The molecule has 0 aromatic carbocycles. The number of hydrogen-bond donors (Lipinski definition) is 0. The molecule has 0 fully saturated rings. The fourth-order valence-electron chi connectivity index (χ4n) is 0.169. The number of aromatic nitrogens is 1. The second kappa shape index (κ2) is 3.87. The molecule has 0 radical (unpaired) electrons. The van der Waals surface area contributed by atoms with Gasteiger partial charge in [0.15, 0.2) is 0 Å². The summed E-state index contributed by atoms with van der Waals surface area (Å²) < 4.78 is 3.68. The van der Waals surface area contributed by atoms with Crippen LogP contribution in [-0.4, -0.2) is 4.37 Å². The summed E-state index contributed by atoms with van der Waals surface area (Å²) in [7, 11) is 0. The molecular weight excluding hydrogens is 141 g/mol. The van der Waals surface area contributed by atoms with Crippen LogP contribution in [0.25, 0.3) is 0 Å². The van der Waals surface area contributed by atoms with E-state index in [-0.39, 0.29) is 29.6 Å². The molecule has 1 heterocycles. The van der Waals surface area contributed by atoms with Gasteiger partial charge in [-0.1, -0.05) is 11.2 Å². The van der Waals surface area contributed by atoms with Crippen LogP contribution in [0.2, 0.25) is 5.02 Å². The summed E-state index contributed by atoms with van der Waals surface area (Å²) in [5.41, 5.74) is 0. The van der Waals surface area contributed by atoms with Crippen LogP contribution >= 0.6 is 23.1 Å². The van der Waals surface area contributed by atoms with Gasteiger partial charge in [0.05, 0.1) is 0 Å². The molecule has 0 aliphatic carbocycles. The minimum absolute atomic E-state index is 0. The Morgan fingerprint density at radius 2 is 2.57 bits per heavy atom. The first kappa shape index (κ1) is 7.92. The van der Waals surface area contributed by atoms with Crippen molar-refractivity contribution in [2.45, 2.75) is 0 Å². The minimum atomic E-state index is 0. The van der Waals surface area contributed by atoms with Gasteiger partial charge >= 0.3 is 29.6 Å². The van der Waals surface area contributed by atoms with Crippen LogP contribution in [0.1, 0.15) is 0 Å². The van der Waals surface area contributed by atoms with E-state index in [4.69, 9.17) is 11.6 Å². The van der Waals surface area contributed by atoms with Gasteiger partial charge in [-0.2, -0.15) is 11.5 Å². The van der Waals surface area contributed by atoms with E-state index in [0.29, 0.717) is 5.02 Å². The average molecular weight is 142 g/mol. The van der Waals surface area contributed by atoms with Crippen LogP contribution in [-0.2, 0) is 0 Å². The Morgan fingerprint density at radius 1 is 1.86 bits per heavy atom. The van der Waals surface area contributed by atoms with Gasteiger partial charge in [-0.15, -0.1) is 17.0 Å². The van der Waals surface area contributed by atoms with Gasteiger partial charge in [0.1, 0.15) is 0 Å². The molecular formula is C3HClNNaS. The van der Waals surface area contributed by atoms with E-state index < -0.39 is 0 Å². The van der Waals surface area contributed by atoms with E-state index in [9.17, 15) is 0 Å². The third-order valence-electron chi connectivity index (χ3n) is 0.362. The molecule has 4 heteroatoms. The normalized spacial score (nSPS) is 7.57. The van der Waals surface area contributed by atoms with Crippen LogP contribution in [0.15, 0.2) is 6.20 Å². The molecule has 32 valence electrons. The number of hydrogen-bond acceptors (Lipinski definition) is 2. The Bertz CT molecular complexity index is 118. The number of rotatable bonds is 0. The van der Waals surface area contributed by atoms with Crippen LogP contribution in [0.3, 0.4) is 0 Å². The molecule has 0 saturated heterocycles. The Balaban J connectivity index is 0.000000360. The molecule has 1 nitrogen and oxygen atoms in total. The summed E-state index contributed by atoms with van der Waals surface area (Å²) >= 11 is 6.58. The first-order valence-corrected chi connectivity index (χ1v) is 2.52. The summed E-state index contributed by atoms with van der Waals surface area (Å²) in [6.07, 6.45) is 1.56. The molecule has 0 aliphatic rings. The van der Waals surface area contributed by atoms with Crippen molar-refractivity contribution in [3.05, 3.63) is 16.6 Å². The summed E-state index contributed by atoms with van der Waals surface area (Å²) in [5, 5.41) is 3.29. The predicted octanol–water partition coefficient (Wildman–Crippen LogP) is -1.40. The number of halogens is 1. The molecule has 1 aromatic rings. The van der Waals surface area contributed by atoms with Gasteiger partial charge in [-0.25, -0.2) is 0 Å². The fourth-order valence-corrected chi connectivity index (χ4v) is 0.730. The summed E-state index contributed by atoms with van der Waals surface area (Å²) in [6, 6.07) is 0. The largest absolute Gasteiger partial charge is 1.00 e.